The van der Waals surface area contributed by atoms with Gasteiger partial charge in [0.05, 0.1) is 5.88 Å². The summed E-state index contributed by atoms with van der Waals surface area (Å²) in [4.78, 5) is 0. The maximum Gasteiger partial charge on any atom is 0.146 e. The summed E-state index contributed by atoms with van der Waals surface area (Å²) in [5.41, 5.74) is 0. The van der Waals surface area contributed by atoms with Crippen LogP contribution in [0.1, 0.15) is 29.0 Å². The maximum absolute atomic E-state index is 5.61. The van der Waals surface area contributed by atoms with Gasteiger partial charge in [-0.15, -0.1) is 21.8 Å². The van der Waals surface area contributed by atoms with Crippen molar-refractivity contribution in [2.24, 2.45) is 0 Å². The molecule has 0 spiro atoms. The number of ether oxygens (including phenoxy) is 1. The van der Waals surface area contributed by atoms with Gasteiger partial charge in [0.15, 0.2) is 0 Å². The molecular weight excluding hydrogens is 196 g/mol. The van der Waals surface area contributed by atoms with Crippen molar-refractivity contribution in [3.05, 3.63) is 10.0 Å². The minimum atomic E-state index is 0.180. The van der Waals surface area contributed by atoms with Crippen molar-refractivity contribution >= 4 is 22.9 Å². The third-order valence-corrected chi connectivity index (χ3v) is 3.23. The molecule has 0 radical (unpaired) electrons. The third kappa shape index (κ3) is 1.60. The van der Waals surface area contributed by atoms with Gasteiger partial charge in [0.25, 0.3) is 0 Å². The second kappa shape index (κ2) is 3.68. The van der Waals surface area contributed by atoms with Crippen LogP contribution in [0.4, 0.5) is 0 Å². The maximum atomic E-state index is 5.61. The van der Waals surface area contributed by atoms with Crippen LogP contribution in [0.5, 0.6) is 0 Å². The Kier molecular flexibility index (Phi) is 2.58. The van der Waals surface area contributed by atoms with Crippen molar-refractivity contribution in [1.82, 2.24) is 10.2 Å². The molecule has 66 valence electrons. The molecule has 0 aromatic carbocycles. The number of aromatic nitrogens is 2. The molecule has 2 heterocycles. The van der Waals surface area contributed by atoms with E-state index in [1.54, 1.807) is 11.3 Å². The van der Waals surface area contributed by atoms with E-state index in [-0.39, 0.29) is 6.10 Å². The zero-order chi connectivity index (χ0) is 8.39. The summed E-state index contributed by atoms with van der Waals surface area (Å²) in [5.74, 6) is 0.449. The quantitative estimate of drug-likeness (QED) is 0.693. The van der Waals surface area contributed by atoms with E-state index in [0.29, 0.717) is 5.88 Å². The zero-order valence-electron chi connectivity index (χ0n) is 6.49. The van der Waals surface area contributed by atoms with Crippen LogP contribution in [0.25, 0.3) is 0 Å². The van der Waals surface area contributed by atoms with Gasteiger partial charge in [-0.25, -0.2) is 0 Å². The second-order valence-corrected chi connectivity index (χ2v) is 4.03. The van der Waals surface area contributed by atoms with Crippen LogP contribution in [0.2, 0.25) is 0 Å². The summed E-state index contributed by atoms with van der Waals surface area (Å²) < 4.78 is 5.46. The fraction of sp³-hybridized carbons (Fsp3) is 0.714. The van der Waals surface area contributed by atoms with Crippen LogP contribution in [-0.4, -0.2) is 16.8 Å². The lowest BCUT2D eigenvalue weighted by Gasteiger charge is -2.01. The standard InChI is InChI=1S/C7H9ClN2OS/c8-4-6-9-10-7(12-6)5-2-1-3-11-5/h5H,1-4H2. The Morgan fingerprint density at radius 1 is 1.58 bits per heavy atom. The Labute approximate surface area is 79.7 Å². The summed E-state index contributed by atoms with van der Waals surface area (Å²) in [6.07, 6.45) is 2.37. The molecule has 0 N–H and O–H groups in total. The van der Waals surface area contributed by atoms with Crippen molar-refractivity contribution < 1.29 is 4.74 Å². The molecule has 1 unspecified atom stereocenters. The average molecular weight is 205 g/mol. The zero-order valence-corrected chi connectivity index (χ0v) is 8.07. The first-order valence-electron chi connectivity index (χ1n) is 3.90. The van der Waals surface area contributed by atoms with Crippen molar-refractivity contribution in [2.45, 2.75) is 24.8 Å². The normalized spacial score (nSPS) is 23.2. The molecule has 5 heteroatoms. The van der Waals surface area contributed by atoms with Gasteiger partial charge >= 0.3 is 0 Å². The van der Waals surface area contributed by atoms with Gasteiger partial charge in [0.2, 0.25) is 0 Å². The highest BCUT2D eigenvalue weighted by molar-refractivity contribution is 7.11. The van der Waals surface area contributed by atoms with Crippen molar-refractivity contribution in [1.29, 1.82) is 0 Å². The van der Waals surface area contributed by atoms with Crippen LogP contribution in [0.15, 0.2) is 0 Å². The fourth-order valence-corrected chi connectivity index (χ4v) is 2.22. The highest BCUT2D eigenvalue weighted by atomic mass is 35.5. The molecule has 0 saturated carbocycles. The van der Waals surface area contributed by atoms with E-state index in [4.69, 9.17) is 16.3 Å². The Hall–Kier alpha value is -0.190. The lowest BCUT2D eigenvalue weighted by Crippen LogP contribution is -1.93. The van der Waals surface area contributed by atoms with Crippen LogP contribution in [0.3, 0.4) is 0 Å². The number of halogens is 1. The Morgan fingerprint density at radius 2 is 2.50 bits per heavy atom. The molecule has 12 heavy (non-hydrogen) atoms. The first-order valence-corrected chi connectivity index (χ1v) is 5.25. The Balaban J connectivity index is 2.11. The molecule has 1 aliphatic heterocycles. The Morgan fingerprint density at radius 3 is 3.08 bits per heavy atom. The van der Waals surface area contributed by atoms with Gasteiger partial charge in [0.1, 0.15) is 16.1 Å². The van der Waals surface area contributed by atoms with E-state index >= 15 is 0 Å². The van der Waals surface area contributed by atoms with E-state index in [2.05, 4.69) is 10.2 Å². The van der Waals surface area contributed by atoms with Gasteiger partial charge in [-0.3, -0.25) is 0 Å². The molecule has 1 aromatic heterocycles. The van der Waals surface area contributed by atoms with Crippen LogP contribution in [-0.2, 0) is 10.6 Å². The molecule has 1 saturated heterocycles. The van der Waals surface area contributed by atoms with Gasteiger partial charge < -0.3 is 4.74 Å². The Bertz CT molecular complexity index is 260. The number of rotatable bonds is 2. The van der Waals surface area contributed by atoms with E-state index in [0.717, 1.165) is 29.5 Å². The molecule has 0 aliphatic carbocycles. The third-order valence-electron chi connectivity index (χ3n) is 1.80. The first-order chi connectivity index (χ1) is 5.90. The van der Waals surface area contributed by atoms with Gasteiger partial charge in [0, 0.05) is 6.61 Å². The minimum Gasteiger partial charge on any atom is -0.371 e. The summed E-state index contributed by atoms with van der Waals surface area (Å²) >= 11 is 7.17. The first kappa shape index (κ1) is 8.41. The van der Waals surface area contributed by atoms with Gasteiger partial charge in [-0.2, -0.15) is 0 Å². The monoisotopic (exact) mass is 204 g/mol. The molecule has 1 fully saturated rings. The number of nitrogens with zero attached hydrogens (tertiary/aromatic N) is 2. The number of hydrogen-bond donors (Lipinski definition) is 0. The van der Waals surface area contributed by atoms with Crippen molar-refractivity contribution in [3.63, 3.8) is 0 Å². The smallest absolute Gasteiger partial charge is 0.146 e. The number of hydrogen-bond acceptors (Lipinski definition) is 4. The molecular formula is C7H9ClN2OS. The molecule has 3 nitrogen and oxygen atoms in total. The van der Waals surface area contributed by atoms with E-state index in [9.17, 15) is 0 Å². The highest BCUT2D eigenvalue weighted by Gasteiger charge is 2.21. The van der Waals surface area contributed by atoms with Crippen molar-refractivity contribution in [3.8, 4) is 0 Å². The van der Waals surface area contributed by atoms with Crippen molar-refractivity contribution in [2.75, 3.05) is 6.61 Å². The van der Waals surface area contributed by atoms with Gasteiger partial charge in [-0.05, 0) is 12.8 Å². The van der Waals surface area contributed by atoms with Crippen LogP contribution < -0.4 is 0 Å². The minimum absolute atomic E-state index is 0.180. The topological polar surface area (TPSA) is 35.0 Å². The predicted octanol–water partition coefficient (Wildman–Crippen LogP) is 2.13. The van der Waals surface area contributed by atoms with E-state index in [1.165, 1.54) is 0 Å². The van der Waals surface area contributed by atoms with E-state index in [1.807, 2.05) is 0 Å². The molecule has 1 atom stereocenters. The summed E-state index contributed by atoms with van der Waals surface area (Å²) in [7, 11) is 0. The van der Waals surface area contributed by atoms with E-state index < -0.39 is 0 Å². The summed E-state index contributed by atoms with van der Waals surface area (Å²) in [6.45, 7) is 0.848. The largest absolute Gasteiger partial charge is 0.371 e. The molecule has 0 amide bonds. The molecule has 1 aliphatic rings. The lowest BCUT2D eigenvalue weighted by molar-refractivity contribution is 0.111. The molecule has 1 aromatic rings. The predicted molar refractivity (Wildman–Crippen MR) is 47.4 cm³/mol. The second-order valence-electron chi connectivity index (χ2n) is 2.67. The van der Waals surface area contributed by atoms with Crippen LogP contribution >= 0.6 is 22.9 Å². The summed E-state index contributed by atoms with van der Waals surface area (Å²) in [5, 5.41) is 9.82. The lowest BCUT2D eigenvalue weighted by atomic mass is 10.2. The number of alkyl halides is 1. The highest BCUT2D eigenvalue weighted by Crippen LogP contribution is 2.30. The molecule has 0 bridgehead atoms. The average Bonchev–Trinajstić information content (AvgIpc) is 2.75. The molecule has 2 rings (SSSR count). The SMILES string of the molecule is ClCc1nnc(C2CCCO2)s1. The van der Waals surface area contributed by atoms with Gasteiger partial charge in [-0.1, -0.05) is 11.3 Å². The summed E-state index contributed by atoms with van der Waals surface area (Å²) in [6, 6.07) is 0. The fourth-order valence-electron chi connectivity index (χ4n) is 1.22. The van der Waals surface area contributed by atoms with Crippen LogP contribution in [0, 0.1) is 0 Å².